The van der Waals surface area contributed by atoms with Crippen LogP contribution in [0.3, 0.4) is 0 Å². The maximum absolute atomic E-state index is 11.2. The summed E-state index contributed by atoms with van der Waals surface area (Å²) in [4.78, 5) is 11.2. The van der Waals surface area contributed by atoms with Gasteiger partial charge in [0, 0.05) is 12.8 Å². The molecule has 0 radical (unpaired) electrons. The first-order valence-electron chi connectivity index (χ1n) is 6.09. The van der Waals surface area contributed by atoms with Gasteiger partial charge in [0.25, 0.3) is 0 Å². The van der Waals surface area contributed by atoms with Gasteiger partial charge in [-0.2, -0.15) is 0 Å². The highest BCUT2D eigenvalue weighted by molar-refractivity contribution is 5.81. The van der Waals surface area contributed by atoms with E-state index in [-0.39, 0.29) is 0 Å². The Morgan fingerprint density at radius 1 is 1.06 bits per heavy atom. The molecule has 1 aromatic rings. The quantitative estimate of drug-likeness (QED) is 0.776. The van der Waals surface area contributed by atoms with Gasteiger partial charge in [0.1, 0.15) is 11.5 Å². The number of hydrogen-bond acceptors (Lipinski definition) is 2. The van der Waals surface area contributed by atoms with Gasteiger partial charge >= 0.3 is 0 Å². The Morgan fingerprint density at radius 3 is 2.38 bits per heavy atom. The summed E-state index contributed by atoms with van der Waals surface area (Å²) in [6.45, 7) is 0. The summed E-state index contributed by atoms with van der Waals surface area (Å²) in [5.41, 5.74) is 1.29. The van der Waals surface area contributed by atoms with Crippen LogP contribution in [0, 0.1) is 0 Å². The largest absolute Gasteiger partial charge is 0.490 e. The zero-order valence-corrected chi connectivity index (χ0v) is 9.32. The molecule has 2 saturated carbocycles. The Morgan fingerprint density at radius 2 is 1.81 bits per heavy atom. The number of benzene rings is 1. The van der Waals surface area contributed by atoms with Crippen molar-refractivity contribution in [1.82, 2.24) is 0 Å². The number of ketones is 1. The fourth-order valence-corrected chi connectivity index (χ4v) is 2.30. The molecule has 1 aromatic carbocycles. The molecule has 16 heavy (non-hydrogen) atoms. The van der Waals surface area contributed by atoms with Crippen LogP contribution in [0.5, 0.6) is 5.75 Å². The zero-order chi connectivity index (χ0) is 11.0. The molecular weight excluding hydrogens is 200 g/mol. The first kappa shape index (κ1) is 9.88. The van der Waals surface area contributed by atoms with E-state index in [0.29, 0.717) is 17.8 Å². The minimum atomic E-state index is 0.406. The van der Waals surface area contributed by atoms with E-state index in [1.165, 1.54) is 18.4 Å². The predicted molar refractivity (Wildman–Crippen MR) is 61.7 cm³/mol. The summed E-state index contributed by atoms with van der Waals surface area (Å²) in [7, 11) is 0. The van der Waals surface area contributed by atoms with Gasteiger partial charge in [0.15, 0.2) is 0 Å². The summed E-state index contributed by atoms with van der Waals surface area (Å²) in [5, 5.41) is 0. The number of ether oxygens (including phenoxy) is 1. The summed E-state index contributed by atoms with van der Waals surface area (Å²) >= 11 is 0. The molecule has 0 aliphatic heterocycles. The predicted octanol–water partition coefficient (Wildman–Crippen LogP) is 3.06. The van der Waals surface area contributed by atoms with Crippen LogP contribution in [0.4, 0.5) is 0 Å². The second-order valence-electron chi connectivity index (χ2n) is 4.86. The molecule has 2 nitrogen and oxygen atoms in total. The van der Waals surface area contributed by atoms with Crippen molar-refractivity contribution in [2.45, 2.75) is 44.1 Å². The van der Waals surface area contributed by atoms with E-state index in [2.05, 4.69) is 12.1 Å². The highest BCUT2D eigenvalue weighted by Crippen LogP contribution is 2.33. The van der Waals surface area contributed by atoms with Crippen LogP contribution in [-0.4, -0.2) is 11.9 Å². The standard InChI is InChI=1S/C14H16O2/c15-12-4-1-11(9-12)10-2-5-13(6-3-10)16-14-7-8-14/h2-3,5-6,11,14H,1,4,7-9H2. The number of carbonyl (C=O) groups excluding carboxylic acids is 1. The SMILES string of the molecule is O=C1CCC(c2ccc(OC3CC3)cc2)C1. The molecule has 2 aliphatic carbocycles. The van der Waals surface area contributed by atoms with Crippen molar-refractivity contribution in [2.75, 3.05) is 0 Å². The van der Waals surface area contributed by atoms with Gasteiger partial charge in [-0.15, -0.1) is 0 Å². The molecular formula is C14H16O2. The van der Waals surface area contributed by atoms with Crippen molar-refractivity contribution in [3.05, 3.63) is 29.8 Å². The third-order valence-electron chi connectivity index (χ3n) is 3.42. The van der Waals surface area contributed by atoms with Gasteiger partial charge in [-0.05, 0) is 42.9 Å². The molecule has 0 bridgehead atoms. The van der Waals surface area contributed by atoms with Gasteiger partial charge in [-0.1, -0.05) is 12.1 Å². The number of hydrogen-bond donors (Lipinski definition) is 0. The van der Waals surface area contributed by atoms with Gasteiger partial charge in [-0.3, -0.25) is 4.79 Å². The van der Waals surface area contributed by atoms with Crippen LogP contribution in [-0.2, 0) is 4.79 Å². The van der Waals surface area contributed by atoms with Crippen molar-refractivity contribution in [2.24, 2.45) is 0 Å². The molecule has 2 fully saturated rings. The van der Waals surface area contributed by atoms with Crippen molar-refractivity contribution in [3.8, 4) is 5.75 Å². The van der Waals surface area contributed by atoms with Crippen molar-refractivity contribution in [1.29, 1.82) is 0 Å². The summed E-state index contributed by atoms with van der Waals surface area (Å²) in [6, 6.07) is 8.30. The Labute approximate surface area is 95.6 Å². The van der Waals surface area contributed by atoms with E-state index in [9.17, 15) is 4.79 Å². The second-order valence-corrected chi connectivity index (χ2v) is 4.86. The van der Waals surface area contributed by atoms with E-state index in [1.807, 2.05) is 12.1 Å². The van der Waals surface area contributed by atoms with Crippen molar-refractivity contribution < 1.29 is 9.53 Å². The Bertz CT molecular complexity index is 390. The van der Waals surface area contributed by atoms with E-state index >= 15 is 0 Å². The first-order chi connectivity index (χ1) is 7.81. The fourth-order valence-electron chi connectivity index (χ4n) is 2.30. The van der Waals surface area contributed by atoms with Gasteiger partial charge in [0.2, 0.25) is 0 Å². The fraction of sp³-hybridized carbons (Fsp3) is 0.500. The Balaban J connectivity index is 1.68. The smallest absolute Gasteiger partial charge is 0.133 e. The maximum Gasteiger partial charge on any atom is 0.133 e. The molecule has 1 atom stereocenters. The highest BCUT2D eigenvalue weighted by atomic mass is 16.5. The lowest BCUT2D eigenvalue weighted by atomic mass is 9.98. The minimum absolute atomic E-state index is 0.406. The molecule has 1 unspecified atom stereocenters. The zero-order valence-electron chi connectivity index (χ0n) is 9.32. The summed E-state index contributed by atoms with van der Waals surface area (Å²) < 4.78 is 5.70. The van der Waals surface area contributed by atoms with Crippen molar-refractivity contribution >= 4 is 5.78 Å². The number of Topliss-reactive ketones (excluding diaryl/α,β-unsaturated/α-hetero) is 1. The Hall–Kier alpha value is -1.31. The van der Waals surface area contributed by atoms with Gasteiger partial charge < -0.3 is 4.74 Å². The average molecular weight is 216 g/mol. The molecule has 0 amide bonds. The van der Waals surface area contributed by atoms with Crippen LogP contribution in [0.1, 0.15) is 43.6 Å². The van der Waals surface area contributed by atoms with Gasteiger partial charge in [-0.25, -0.2) is 0 Å². The lowest BCUT2D eigenvalue weighted by Crippen LogP contribution is -1.97. The minimum Gasteiger partial charge on any atom is -0.490 e. The lowest BCUT2D eigenvalue weighted by Gasteiger charge is -2.10. The molecule has 84 valence electrons. The van der Waals surface area contributed by atoms with Gasteiger partial charge in [0.05, 0.1) is 6.10 Å². The monoisotopic (exact) mass is 216 g/mol. The molecule has 3 rings (SSSR count). The molecule has 2 aliphatic rings. The lowest BCUT2D eigenvalue weighted by molar-refractivity contribution is -0.117. The highest BCUT2D eigenvalue weighted by Gasteiger charge is 2.25. The first-order valence-corrected chi connectivity index (χ1v) is 6.09. The Kier molecular flexibility index (Phi) is 2.43. The number of carbonyl (C=O) groups is 1. The molecule has 0 N–H and O–H groups in total. The summed E-state index contributed by atoms with van der Waals surface area (Å²) in [6.07, 6.45) is 5.34. The molecule has 2 heteroatoms. The van der Waals surface area contributed by atoms with Crippen LogP contribution in [0.2, 0.25) is 0 Å². The molecule has 0 aromatic heterocycles. The average Bonchev–Trinajstić information content (AvgIpc) is 3.00. The van der Waals surface area contributed by atoms with Crippen LogP contribution in [0.15, 0.2) is 24.3 Å². The number of rotatable bonds is 3. The topological polar surface area (TPSA) is 26.3 Å². The van der Waals surface area contributed by atoms with E-state index in [1.54, 1.807) is 0 Å². The van der Waals surface area contributed by atoms with E-state index in [0.717, 1.165) is 25.0 Å². The van der Waals surface area contributed by atoms with Crippen LogP contribution < -0.4 is 4.74 Å². The molecule has 0 spiro atoms. The summed E-state index contributed by atoms with van der Waals surface area (Å²) in [5.74, 6) is 1.82. The second kappa shape index (κ2) is 3.93. The third-order valence-corrected chi connectivity index (χ3v) is 3.42. The van der Waals surface area contributed by atoms with E-state index in [4.69, 9.17) is 4.74 Å². The van der Waals surface area contributed by atoms with Crippen molar-refractivity contribution in [3.63, 3.8) is 0 Å². The normalized spacial score (nSPS) is 24.8. The molecule has 0 saturated heterocycles. The maximum atomic E-state index is 11.2. The van der Waals surface area contributed by atoms with Crippen LogP contribution in [0.25, 0.3) is 0 Å². The molecule has 0 heterocycles. The van der Waals surface area contributed by atoms with E-state index < -0.39 is 0 Å². The third kappa shape index (κ3) is 2.11. The van der Waals surface area contributed by atoms with Crippen LogP contribution >= 0.6 is 0 Å².